The first-order valence-corrected chi connectivity index (χ1v) is 19.6. The van der Waals surface area contributed by atoms with Crippen molar-refractivity contribution in [2.75, 3.05) is 4.90 Å². The van der Waals surface area contributed by atoms with Crippen LogP contribution in [0.5, 0.6) is 0 Å². The van der Waals surface area contributed by atoms with Crippen LogP contribution in [0, 0.1) is 0 Å². The van der Waals surface area contributed by atoms with Gasteiger partial charge >= 0.3 is 0 Å². The first-order valence-electron chi connectivity index (χ1n) is 19.6. The smallest absolute Gasteiger partial charge is 0.145 e. The minimum Gasteiger partial charge on any atom is -0.456 e. The average molecular weight is 744 g/mol. The van der Waals surface area contributed by atoms with E-state index in [0.29, 0.717) is 0 Å². The van der Waals surface area contributed by atoms with E-state index in [9.17, 15) is 0 Å². The first kappa shape index (κ1) is 32.4. The zero-order valence-electron chi connectivity index (χ0n) is 31.2. The van der Waals surface area contributed by atoms with E-state index in [1.165, 1.54) is 0 Å². The van der Waals surface area contributed by atoms with Crippen LogP contribution in [0.1, 0.15) is 0 Å². The number of fused-ring (bicyclic) bond motifs is 9. The summed E-state index contributed by atoms with van der Waals surface area (Å²) in [6, 6.07) is 70.1. The van der Waals surface area contributed by atoms with Crippen molar-refractivity contribution in [2.24, 2.45) is 0 Å². The Labute approximate surface area is 333 Å². The summed E-state index contributed by atoms with van der Waals surface area (Å²) >= 11 is 0. The molecule has 3 aromatic heterocycles. The van der Waals surface area contributed by atoms with Gasteiger partial charge in [0.15, 0.2) is 0 Å². The Kier molecular flexibility index (Phi) is 7.20. The zero-order valence-corrected chi connectivity index (χ0v) is 31.2. The largest absolute Gasteiger partial charge is 0.456 e. The molecule has 0 unspecified atom stereocenters. The lowest BCUT2D eigenvalue weighted by atomic mass is 9.99. The number of anilines is 3. The van der Waals surface area contributed by atoms with E-state index in [1.807, 2.05) is 30.3 Å². The molecule has 12 aromatic rings. The van der Waals surface area contributed by atoms with Gasteiger partial charge in [-0.3, -0.25) is 0 Å². The van der Waals surface area contributed by atoms with Gasteiger partial charge in [0.1, 0.15) is 33.5 Å². The van der Waals surface area contributed by atoms with Crippen molar-refractivity contribution in [3.8, 4) is 33.4 Å². The number of benzene rings is 9. The van der Waals surface area contributed by atoms with E-state index in [2.05, 4.69) is 175 Å². The molecule has 0 aliphatic rings. The third-order valence-corrected chi connectivity index (χ3v) is 11.5. The van der Waals surface area contributed by atoms with E-state index >= 15 is 0 Å². The van der Waals surface area contributed by atoms with Gasteiger partial charge in [-0.1, -0.05) is 133 Å². The number of furan rings is 3. The summed E-state index contributed by atoms with van der Waals surface area (Å²) in [5, 5.41) is 6.52. The van der Waals surface area contributed by atoms with E-state index in [4.69, 9.17) is 13.3 Å². The van der Waals surface area contributed by atoms with Crippen molar-refractivity contribution in [1.82, 2.24) is 0 Å². The highest BCUT2D eigenvalue weighted by molar-refractivity contribution is 6.17. The Morgan fingerprint density at radius 1 is 0.293 bits per heavy atom. The predicted octanol–water partition coefficient (Wildman–Crippen LogP) is 15.9. The van der Waals surface area contributed by atoms with Gasteiger partial charge in [0.05, 0.1) is 11.1 Å². The summed E-state index contributed by atoms with van der Waals surface area (Å²) in [7, 11) is 0. The molecule has 4 heteroatoms. The molecular weight excluding hydrogens is 711 g/mol. The van der Waals surface area contributed by atoms with Gasteiger partial charge in [-0.05, 0) is 82.9 Å². The molecule has 0 saturated heterocycles. The summed E-state index contributed by atoms with van der Waals surface area (Å²) in [5.74, 6) is 0. The fourth-order valence-electron chi connectivity index (χ4n) is 8.75. The monoisotopic (exact) mass is 743 g/mol. The maximum atomic E-state index is 6.73. The maximum Gasteiger partial charge on any atom is 0.145 e. The van der Waals surface area contributed by atoms with Crippen molar-refractivity contribution < 1.29 is 13.3 Å². The second-order valence-corrected chi connectivity index (χ2v) is 14.8. The maximum absolute atomic E-state index is 6.73. The summed E-state index contributed by atoms with van der Waals surface area (Å²) in [4.78, 5) is 2.33. The lowest BCUT2D eigenvalue weighted by molar-refractivity contribution is 0.669. The molecule has 0 saturated carbocycles. The topological polar surface area (TPSA) is 42.7 Å². The highest BCUT2D eigenvalue weighted by atomic mass is 16.3. The van der Waals surface area contributed by atoms with Crippen molar-refractivity contribution in [3.63, 3.8) is 0 Å². The van der Waals surface area contributed by atoms with Gasteiger partial charge in [-0.15, -0.1) is 0 Å². The summed E-state index contributed by atoms with van der Waals surface area (Å²) in [5.41, 5.74) is 14.9. The Bertz CT molecular complexity index is 3500. The highest BCUT2D eigenvalue weighted by Gasteiger charge is 2.23. The van der Waals surface area contributed by atoms with Crippen LogP contribution < -0.4 is 4.90 Å². The summed E-state index contributed by atoms with van der Waals surface area (Å²) in [6.07, 6.45) is 0. The number of nitrogens with zero attached hydrogens (tertiary/aromatic N) is 1. The second kappa shape index (κ2) is 12.9. The van der Waals surface area contributed by atoms with E-state index in [0.717, 1.165) is 116 Å². The summed E-state index contributed by atoms with van der Waals surface area (Å²) < 4.78 is 19.7. The predicted molar refractivity (Wildman–Crippen MR) is 239 cm³/mol. The SMILES string of the molecule is c1ccc(-c2cccc3c2oc2ccc(-c4ccc(N(c5ccc6c(c5)oc5ccccc56)c5ccc(-c6ccccc6)c6oc7ccccc7c56)cc4)cc23)cc1. The lowest BCUT2D eigenvalue weighted by Gasteiger charge is -2.27. The fourth-order valence-corrected chi connectivity index (χ4v) is 8.75. The lowest BCUT2D eigenvalue weighted by Crippen LogP contribution is -2.10. The van der Waals surface area contributed by atoms with Crippen LogP contribution in [0.25, 0.3) is 99.2 Å². The van der Waals surface area contributed by atoms with Crippen LogP contribution in [-0.4, -0.2) is 0 Å². The van der Waals surface area contributed by atoms with Gasteiger partial charge in [0.2, 0.25) is 0 Å². The fraction of sp³-hybridized carbons (Fsp3) is 0. The molecule has 58 heavy (non-hydrogen) atoms. The molecule has 4 nitrogen and oxygen atoms in total. The zero-order chi connectivity index (χ0) is 38.2. The van der Waals surface area contributed by atoms with Crippen molar-refractivity contribution in [1.29, 1.82) is 0 Å². The minimum absolute atomic E-state index is 0.839. The second-order valence-electron chi connectivity index (χ2n) is 14.8. The molecule has 0 atom stereocenters. The van der Waals surface area contributed by atoms with Crippen molar-refractivity contribution in [3.05, 3.63) is 200 Å². The average Bonchev–Trinajstić information content (AvgIpc) is 3.99. The summed E-state index contributed by atoms with van der Waals surface area (Å²) in [6.45, 7) is 0. The molecule has 0 fully saturated rings. The van der Waals surface area contributed by atoms with Crippen LogP contribution in [0.15, 0.2) is 213 Å². The van der Waals surface area contributed by atoms with Gasteiger partial charge in [0.25, 0.3) is 0 Å². The Hall–Kier alpha value is -7.82. The standard InChI is InChI=1S/C54H33NO3/c1-3-12-35(13-4-1)40-18-11-19-44-46-32-37(24-31-50(46)57-53(40)44)34-22-25-38(26-23-34)55(39-27-28-43-42-16-7-9-20-48(42)56-51(43)33-39)47-30-29-41(36-14-5-2-6-15-36)54-52(47)45-17-8-10-21-49(45)58-54/h1-33H. The Balaban J connectivity index is 1.03. The number of hydrogen-bond acceptors (Lipinski definition) is 4. The third-order valence-electron chi connectivity index (χ3n) is 11.5. The van der Waals surface area contributed by atoms with Crippen LogP contribution in [0.2, 0.25) is 0 Å². The molecule has 0 aliphatic carbocycles. The third kappa shape index (κ3) is 5.09. The van der Waals surface area contributed by atoms with E-state index in [1.54, 1.807) is 0 Å². The van der Waals surface area contributed by atoms with Gasteiger partial charge in [-0.25, -0.2) is 0 Å². The molecule has 0 bridgehead atoms. The number of hydrogen-bond donors (Lipinski definition) is 0. The van der Waals surface area contributed by atoms with Gasteiger partial charge in [-0.2, -0.15) is 0 Å². The van der Waals surface area contributed by atoms with E-state index < -0.39 is 0 Å². The Morgan fingerprint density at radius 2 is 0.879 bits per heavy atom. The van der Waals surface area contributed by atoms with Gasteiger partial charge in [0, 0.05) is 55.5 Å². The van der Waals surface area contributed by atoms with Crippen LogP contribution >= 0.6 is 0 Å². The molecular formula is C54H33NO3. The van der Waals surface area contributed by atoms with Gasteiger partial charge < -0.3 is 18.2 Å². The van der Waals surface area contributed by atoms with E-state index in [-0.39, 0.29) is 0 Å². The molecule has 0 N–H and O–H groups in total. The molecule has 9 aromatic carbocycles. The molecule has 0 radical (unpaired) electrons. The number of para-hydroxylation sites is 3. The first-order chi connectivity index (χ1) is 28.7. The molecule has 272 valence electrons. The molecule has 0 spiro atoms. The quantitative estimate of drug-likeness (QED) is 0.170. The molecule has 0 amide bonds. The molecule has 0 aliphatic heterocycles. The number of rotatable bonds is 6. The van der Waals surface area contributed by atoms with Crippen LogP contribution in [0.4, 0.5) is 17.1 Å². The van der Waals surface area contributed by atoms with Crippen LogP contribution in [-0.2, 0) is 0 Å². The van der Waals surface area contributed by atoms with Crippen molar-refractivity contribution in [2.45, 2.75) is 0 Å². The Morgan fingerprint density at radius 3 is 1.66 bits per heavy atom. The van der Waals surface area contributed by atoms with Crippen molar-refractivity contribution >= 4 is 82.9 Å². The highest BCUT2D eigenvalue weighted by Crippen LogP contribution is 2.47. The van der Waals surface area contributed by atoms with Crippen LogP contribution in [0.3, 0.4) is 0 Å². The molecule has 3 heterocycles. The normalized spacial score (nSPS) is 11.8. The molecule has 12 rings (SSSR count). The minimum atomic E-state index is 0.839.